The van der Waals surface area contributed by atoms with Crippen LogP contribution in [0.1, 0.15) is 25.0 Å². The van der Waals surface area contributed by atoms with Gasteiger partial charge in [-0.15, -0.1) is 0 Å². The highest BCUT2D eigenvalue weighted by Crippen LogP contribution is 2.31. The molecule has 0 fully saturated rings. The fourth-order valence-corrected chi connectivity index (χ4v) is 3.21. The molecule has 0 aliphatic carbocycles. The maximum absolute atomic E-state index is 2.34. The molecule has 0 heterocycles. The van der Waals surface area contributed by atoms with Crippen LogP contribution in [-0.4, -0.2) is 0 Å². The Bertz CT molecular complexity index is 517. The van der Waals surface area contributed by atoms with Crippen LogP contribution in [0.3, 0.4) is 0 Å². The zero-order valence-electron chi connectivity index (χ0n) is 10.7. The zero-order valence-corrected chi connectivity index (χ0v) is 13.7. The Balaban J connectivity index is 2.25. The van der Waals surface area contributed by atoms with Crippen LogP contribution in [-0.2, 0) is 12.8 Å². The summed E-state index contributed by atoms with van der Waals surface area (Å²) in [7, 11) is 0. The molecule has 2 aromatic rings. The van der Waals surface area contributed by atoms with E-state index >= 15 is 0 Å². The molecule has 0 atom stereocenters. The average Bonchev–Trinajstić information content (AvgIpc) is 2.41. The van der Waals surface area contributed by atoms with Crippen LogP contribution in [0.2, 0.25) is 0 Å². The summed E-state index contributed by atoms with van der Waals surface area (Å²) in [5, 5.41) is 0. The van der Waals surface area contributed by atoms with Gasteiger partial charge >= 0.3 is 0 Å². The number of aryl methyl sites for hydroxylation is 2. The fraction of sp³-hybridized carbons (Fsp3) is 0.250. The van der Waals surface area contributed by atoms with Gasteiger partial charge in [0.25, 0.3) is 0 Å². The number of rotatable bonds is 4. The predicted octanol–water partition coefficient (Wildman–Crippen LogP) is 5.57. The second-order valence-electron chi connectivity index (χ2n) is 4.21. The Hall–Kier alpha value is -0.480. The minimum atomic E-state index is 1.10. The first-order chi connectivity index (χ1) is 8.72. The lowest BCUT2D eigenvalue weighted by Gasteiger charge is -2.09. The molecule has 0 bridgehead atoms. The zero-order chi connectivity index (χ0) is 13.0. The molecule has 0 unspecified atom stereocenters. The topological polar surface area (TPSA) is 0 Å². The first-order valence-corrected chi connectivity index (χ1v) is 8.17. The van der Waals surface area contributed by atoms with E-state index in [1.54, 1.807) is 0 Å². The van der Waals surface area contributed by atoms with E-state index in [1.165, 1.54) is 24.5 Å². The summed E-state index contributed by atoms with van der Waals surface area (Å²) in [5.74, 6) is 0. The molecule has 2 rings (SSSR count). The van der Waals surface area contributed by atoms with Gasteiger partial charge in [-0.1, -0.05) is 37.7 Å². The standard InChI is InChI=1S/C16H17IS/c1-3-12-5-10-16(13(4-2)11-12)18-15-8-6-14(17)7-9-15/h5-11H,3-4H2,1-2H3. The number of hydrogen-bond acceptors (Lipinski definition) is 1. The van der Waals surface area contributed by atoms with Crippen LogP contribution < -0.4 is 0 Å². The largest absolute Gasteiger partial charge is 0.0898 e. The van der Waals surface area contributed by atoms with Gasteiger partial charge in [-0.25, -0.2) is 0 Å². The molecule has 0 amide bonds. The summed E-state index contributed by atoms with van der Waals surface area (Å²) >= 11 is 4.20. The van der Waals surface area contributed by atoms with Crippen molar-refractivity contribution in [2.45, 2.75) is 36.5 Å². The fourth-order valence-electron chi connectivity index (χ4n) is 1.86. The van der Waals surface area contributed by atoms with E-state index < -0.39 is 0 Å². The van der Waals surface area contributed by atoms with E-state index in [0.29, 0.717) is 0 Å². The smallest absolute Gasteiger partial charge is 0.0154 e. The van der Waals surface area contributed by atoms with Gasteiger partial charge in [0, 0.05) is 13.4 Å². The first kappa shape index (κ1) is 13.9. The van der Waals surface area contributed by atoms with E-state index in [9.17, 15) is 0 Å². The Labute approximate surface area is 127 Å². The molecule has 0 N–H and O–H groups in total. The predicted molar refractivity (Wildman–Crippen MR) is 88.5 cm³/mol. The van der Waals surface area contributed by atoms with E-state index in [-0.39, 0.29) is 0 Å². The summed E-state index contributed by atoms with van der Waals surface area (Å²) in [6.07, 6.45) is 2.21. The minimum Gasteiger partial charge on any atom is -0.0898 e. The third kappa shape index (κ3) is 3.51. The van der Waals surface area contributed by atoms with Crippen molar-refractivity contribution in [2.24, 2.45) is 0 Å². The molecule has 0 aromatic heterocycles. The van der Waals surface area contributed by atoms with Gasteiger partial charge in [0.2, 0.25) is 0 Å². The Morgan fingerprint density at radius 3 is 2.28 bits per heavy atom. The quantitative estimate of drug-likeness (QED) is 0.636. The molecule has 0 aliphatic heterocycles. The maximum atomic E-state index is 2.34. The van der Waals surface area contributed by atoms with Crippen LogP contribution in [0.25, 0.3) is 0 Å². The highest BCUT2D eigenvalue weighted by atomic mass is 127. The van der Waals surface area contributed by atoms with Crippen molar-refractivity contribution in [3.8, 4) is 0 Å². The van der Waals surface area contributed by atoms with Gasteiger partial charge in [0.1, 0.15) is 0 Å². The average molecular weight is 368 g/mol. The van der Waals surface area contributed by atoms with Crippen LogP contribution >= 0.6 is 34.4 Å². The summed E-state index contributed by atoms with van der Waals surface area (Å²) in [6.45, 7) is 4.44. The second kappa shape index (κ2) is 6.62. The van der Waals surface area contributed by atoms with Crippen molar-refractivity contribution in [3.05, 3.63) is 57.2 Å². The molecule has 94 valence electrons. The van der Waals surface area contributed by atoms with Gasteiger partial charge in [-0.3, -0.25) is 0 Å². The van der Waals surface area contributed by atoms with Gasteiger partial charge in [0.15, 0.2) is 0 Å². The highest BCUT2D eigenvalue weighted by Gasteiger charge is 2.04. The van der Waals surface area contributed by atoms with Crippen molar-refractivity contribution in [2.75, 3.05) is 0 Å². The van der Waals surface area contributed by atoms with E-state index in [0.717, 1.165) is 12.8 Å². The minimum absolute atomic E-state index is 1.10. The highest BCUT2D eigenvalue weighted by molar-refractivity contribution is 14.1. The third-order valence-electron chi connectivity index (χ3n) is 2.96. The number of halogens is 1. The van der Waals surface area contributed by atoms with Crippen LogP contribution in [0.5, 0.6) is 0 Å². The van der Waals surface area contributed by atoms with E-state index in [1.807, 2.05) is 11.8 Å². The molecule has 18 heavy (non-hydrogen) atoms. The van der Waals surface area contributed by atoms with Gasteiger partial charge in [-0.05, 0) is 76.9 Å². The molecule has 0 spiro atoms. The Morgan fingerprint density at radius 2 is 1.67 bits per heavy atom. The summed E-state index contributed by atoms with van der Waals surface area (Å²) < 4.78 is 1.29. The van der Waals surface area contributed by atoms with Gasteiger partial charge < -0.3 is 0 Å². The lowest BCUT2D eigenvalue weighted by Crippen LogP contribution is -1.89. The lowest BCUT2D eigenvalue weighted by molar-refractivity contribution is 1.04. The van der Waals surface area contributed by atoms with Crippen molar-refractivity contribution < 1.29 is 0 Å². The van der Waals surface area contributed by atoms with Crippen LogP contribution in [0.4, 0.5) is 0 Å². The maximum Gasteiger partial charge on any atom is 0.0154 e. The number of benzene rings is 2. The van der Waals surface area contributed by atoms with Gasteiger partial charge in [-0.2, -0.15) is 0 Å². The molecule has 0 saturated carbocycles. The molecule has 2 aromatic carbocycles. The first-order valence-electron chi connectivity index (χ1n) is 6.28. The molecule has 0 radical (unpaired) electrons. The molecule has 2 heteroatoms. The van der Waals surface area contributed by atoms with Gasteiger partial charge in [0.05, 0.1) is 0 Å². The van der Waals surface area contributed by atoms with Crippen molar-refractivity contribution >= 4 is 34.4 Å². The van der Waals surface area contributed by atoms with Crippen molar-refractivity contribution in [1.29, 1.82) is 0 Å². The SMILES string of the molecule is CCc1ccc(Sc2ccc(I)cc2)c(CC)c1. The molecular weight excluding hydrogens is 351 g/mol. The monoisotopic (exact) mass is 368 g/mol. The Kier molecular flexibility index (Phi) is 5.13. The second-order valence-corrected chi connectivity index (χ2v) is 6.57. The Morgan fingerprint density at radius 1 is 0.944 bits per heavy atom. The molecule has 0 nitrogen and oxygen atoms in total. The molecular formula is C16H17IS. The molecule has 0 aliphatic rings. The number of hydrogen-bond donors (Lipinski definition) is 0. The summed E-state index contributed by atoms with van der Waals surface area (Å²) in [5.41, 5.74) is 2.89. The normalized spacial score (nSPS) is 10.6. The summed E-state index contributed by atoms with van der Waals surface area (Å²) in [6, 6.07) is 15.6. The van der Waals surface area contributed by atoms with Crippen LogP contribution in [0.15, 0.2) is 52.3 Å². The van der Waals surface area contributed by atoms with Crippen molar-refractivity contribution in [1.82, 2.24) is 0 Å². The lowest BCUT2D eigenvalue weighted by atomic mass is 10.1. The third-order valence-corrected chi connectivity index (χ3v) is 4.80. The summed E-state index contributed by atoms with van der Waals surface area (Å²) in [4.78, 5) is 2.70. The molecule has 0 saturated heterocycles. The van der Waals surface area contributed by atoms with Crippen molar-refractivity contribution in [3.63, 3.8) is 0 Å². The van der Waals surface area contributed by atoms with Crippen LogP contribution in [0, 0.1) is 3.57 Å². The van der Waals surface area contributed by atoms with E-state index in [2.05, 4.69) is 78.9 Å². The van der Waals surface area contributed by atoms with E-state index in [4.69, 9.17) is 0 Å².